The molecular formula is C12H17NO3. The minimum Gasteiger partial charge on any atom is -0.507 e. The van der Waals surface area contributed by atoms with Crippen molar-refractivity contribution in [2.24, 2.45) is 0 Å². The van der Waals surface area contributed by atoms with Crippen molar-refractivity contribution in [3.63, 3.8) is 0 Å². The smallest absolute Gasteiger partial charge is 0.254 e. The fourth-order valence-electron chi connectivity index (χ4n) is 1.26. The molecule has 0 saturated heterocycles. The van der Waals surface area contributed by atoms with E-state index in [-0.39, 0.29) is 22.8 Å². The van der Waals surface area contributed by atoms with Crippen molar-refractivity contribution in [1.29, 1.82) is 0 Å². The summed E-state index contributed by atoms with van der Waals surface area (Å²) in [5, 5.41) is 12.1. The van der Waals surface area contributed by atoms with Crippen LogP contribution >= 0.6 is 0 Å². The number of aromatic hydroxyl groups is 1. The molecule has 88 valence electrons. The first-order valence-electron chi connectivity index (χ1n) is 5.07. The van der Waals surface area contributed by atoms with Gasteiger partial charge in [0.2, 0.25) is 0 Å². The van der Waals surface area contributed by atoms with Gasteiger partial charge in [0.15, 0.2) is 0 Å². The number of phenolic OH excluding ortho intramolecular Hbond substituents is 1. The Labute approximate surface area is 95.2 Å². The van der Waals surface area contributed by atoms with Crippen molar-refractivity contribution < 1.29 is 14.6 Å². The highest BCUT2D eigenvalue weighted by Crippen LogP contribution is 2.26. The second-order valence-electron chi connectivity index (χ2n) is 4.47. The van der Waals surface area contributed by atoms with Crippen LogP contribution in [-0.2, 0) is 0 Å². The van der Waals surface area contributed by atoms with Crippen molar-refractivity contribution in [2.45, 2.75) is 26.4 Å². The summed E-state index contributed by atoms with van der Waals surface area (Å²) in [5.74, 6) is 0.138. The molecule has 0 aliphatic carbocycles. The SMILES string of the molecule is CNC(=O)c1ccc(OC(C)(C)C)cc1O. The van der Waals surface area contributed by atoms with Crippen LogP contribution in [0.1, 0.15) is 31.1 Å². The first-order valence-corrected chi connectivity index (χ1v) is 5.07. The van der Waals surface area contributed by atoms with Gasteiger partial charge in [-0.2, -0.15) is 0 Å². The van der Waals surface area contributed by atoms with Crippen molar-refractivity contribution >= 4 is 5.91 Å². The summed E-state index contributed by atoms with van der Waals surface area (Å²) in [6.07, 6.45) is 0. The number of amides is 1. The van der Waals surface area contributed by atoms with Crippen molar-refractivity contribution in [1.82, 2.24) is 5.32 Å². The van der Waals surface area contributed by atoms with Gasteiger partial charge in [0.05, 0.1) is 5.56 Å². The molecule has 1 rings (SSSR count). The molecule has 0 aliphatic heterocycles. The molecule has 0 heterocycles. The van der Waals surface area contributed by atoms with E-state index in [1.54, 1.807) is 6.07 Å². The maximum atomic E-state index is 11.3. The van der Waals surface area contributed by atoms with Crippen LogP contribution in [0.2, 0.25) is 0 Å². The fourth-order valence-corrected chi connectivity index (χ4v) is 1.26. The molecule has 0 aromatic heterocycles. The predicted molar refractivity (Wildman–Crippen MR) is 61.9 cm³/mol. The highest BCUT2D eigenvalue weighted by molar-refractivity contribution is 5.96. The van der Waals surface area contributed by atoms with Crippen LogP contribution in [-0.4, -0.2) is 23.7 Å². The number of carbonyl (C=O) groups is 1. The highest BCUT2D eigenvalue weighted by Gasteiger charge is 2.14. The Morgan fingerprint density at radius 3 is 2.44 bits per heavy atom. The van der Waals surface area contributed by atoms with Crippen molar-refractivity contribution in [3.05, 3.63) is 23.8 Å². The molecular weight excluding hydrogens is 206 g/mol. The van der Waals surface area contributed by atoms with Crippen LogP contribution in [0.15, 0.2) is 18.2 Å². The third-order valence-electron chi connectivity index (χ3n) is 1.86. The molecule has 0 aliphatic rings. The standard InChI is InChI=1S/C12H17NO3/c1-12(2,3)16-8-5-6-9(10(14)7-8)11(15)13-4/h5-7,14H,1-4H3,(H,13,15). The van der Waals surface area contributed by atoms with Crippen LogP contribution in [0.5, 0.6) is 11.5 Å². The molecule has 1 aromatic rings. The predicted octanol–water partition coefficient (Wildman–Crippen LogP) is 1.93. The molecule has 0 saturated carbocycles. The number of nitrogens with one attached hydrogen (secondary N) is 1. The number of phenols is 1. The topological polar surface area (TPSA) is 58.6 Å². The summed E-state index contributed by atoms with van der Waals surface area (Å²) >= 11 is 0. The quantitative estimate of drug-likeness (QED) is 0.805. The van der Waals surface area contributed by atoms with E-state index in [0.717, 1.165) is 0 Å². The van der Waals surface area contributed by atoms with Crippen LogP contribution in [0.4, 0.5) is 0 Å². The molecule has 16 heavy (non-hydrogen) atoms. The van der Waals surface area contributed by atoms with E-state index < -0.39 is 0 Å². The molecule has 1 amide bonds. The average molecular weight is 223 g/mol. The van der Waals surface area contributed by atoms with Gasteiger partial charge in [-0.05, 0) is 32.9 Å². The Balaban J connectivity index is 2.96. The van der Waals surface area contributed by atoms with Gasteiger partial charge in [-0.3, -0.25) is 4.79 Å². The Kier molecular flexibility index (Phi) is 3.42. The summed E-state index contributed by atoms with van der Waals surface area (Å²) in [6.45, 7) is 5.74. The molecule has 0 atom stereocenters. The zero-order chi connectivity index (χ0) is 12.3. The van der Waals surface area contributed by atoms with E-state index in [2.05, 4.69) is 5.32 Å². The van der Waals surface area contributed by atoms with Crippen LogP contribution in [0, 0.1) is 0 Å². The molecule has 0 radical (unpaired) electrons. The van der Waals surface area contributed by atoms with Gasteiger partial charge < -0.3 is 15.2 Å². The lowest BCUT2D eigenvalue weighted by Gasteiger charge is -2.21. The molecule has 1 aromatic carbocycles. The molecule has 0 fully saturated rings. The Hall–Kier alpha value is -1.71. The molecule has 0 unspecified atom stereocenters. The largest absolute Gasteiger partial charge is 0.507 e. The molecule has 0 bridgehead atoms. The summed E-state index contributed by atoms with van der Waals surface area (Å²) in [4.78, 5) is 11.3. The molecule has 2 N–H and O–H groups in total. The van der Waals surface area contributed by atoms with Gasteiger partial charge in [0.25, 0.3) is 5.91 Å². The second-order valence-corrected chi connectivity index (χ2v) is 4.47. The van der Waals surface area contributed by atoms with E-state index >= 15 is 0 Å². The molecule has 0 spiro atoms. The summed E-state index contributed by atoms with van der Waals surface area (Å²) in [6, 6.07) is 4.64. The minimum atomic E-state index is -0.332. The summed E-state index contributed by atoms with van der Waals surface area (Å²) in [5.41, 5.74) is -0.0928. The zero-order valence-electron chi connectivity index (χ0n) is 10.00. The van der Waals surface area contributed by atoms with Gasteiger partial charge in [0.1, 0.15) is 17.1 Å². The summed E-state index contributed by atoms with van der Waals surface area (Å²) < 4.78 is 5.56. The van der Waals surface area contributed by atoms with E-state index in [1.807, 2.05) is 20.8 Å². The van der Waals surface area contributed by atoms with Crippen molar-refractivity contribution in [2.75, 3.05) is 7.05 Å². The maximum Gasteiger partial charge on any atom is 0.254 e. The van der Waals surface area contributed by atoms with Crippen molar-refractivity contribution in [3.8, 4) is 11.5 Å². The average Bonchev–Trinajstić information content (AvgIpc) is 2.14. The third kappa shape index (κ3) is 3.15. The van der Waals surface area contributed by atoms with Crippen LogP contribution in [0.25, 0.3) is 0 Å². The van der Waals surface area contributed by atoms with E-state index in [0.29, 0.717) is 5.75 Å². The lowest BCUT2D eigenvalue weighted by molar-refractivity contribution is 0.0960. The number of rotatable bonds is 2. The number of benzene rings is 1. The number of ether oxygens (including phenoxy) is 1. The number of hydrogen-bond donors (Lipinski definition) is 2. The summed E-state index contributed by atoms with van der Waals surface area (Å²) in [7, 11) is 1.52. The van der Waals surface area contributed by atoms with Gasteiger partial charge in [-0.15, -0.1) is 0 Å². The highest BCUT2D eigenvalue weighted by atomic mass is 16.5. The van der Waals surface area contributed by atoms with Gasteiger partial charge >= 0.3 is 0 Å². The Morgan fingerprint density at radius 1 is 1.38 bits per heavy atom. The van der Waals surface area contributed by atoms with Gasteiger partial charge in [-0.1, -0.05) is 0 Å². The first kappa shape index (κ1) is 12.4. The van der Waals surface area contributed by atoms with E-state index in [1.165, 1.54) is 19.2 Å². The lowest BCUT2D eigenvalue weighted by atomic mass is 10.1. The first-order chi connectivity index (χ1) is 7.33. The van der Waals surface area contributed by atoms with Gasteiger partial charge in [0, 0.05) is 13.1 Å². The van der Waals surface area contributed by atoms with E-state index in [9.17, 15) is 9.90 Å². The normalized spacial score (nSPS) is 11.0. The minimum absolute atomic E-state index is 0.0823. The number of carbonyl (C=O) groups excluding carboxylic acids is 1. The Morgan fingerprint density at radius 2 is 2.00 bits per heavy atom. The maximum absolute atomic E-state index is 11.3. The van der Waals surface area contributed by atoms with Crippen LogP contribution in [0.3, 0.4) is 0 Å². The van der Waals surface area contributed by atoms with Crippen LogP contribution < -0.4 is 10.1 Å². The third-order valence-corrected chi connectivity index (χ3v) is 1.86. The fraction of sp³-hybridized carbons (Fsp3) is 0.417. The van der Waals surface area contributed by atoms with E-state index in [4.69, 9.17) is 4.74 Å². The van der Waals surface area contributed by atoms with Gasteiger partial charge in [-0.25, -0.2) is 0 Å². The zero-order valence-corrected chi connectivity index (χ0v) is 10.00. The Bertz CT molecular complexity index is 394. The monoisotopic (exact) mass is 223 g/mol. The lowest BCUT2D eigenvalue weighted by Crippen LogP contribution is -2.23. The molecule has 4 nitrogen and oxygen atoms in total. The molecule has 4 heteroatoms. The second kappa shape index (κ2) is 4.43. The number of hydrogen-bond acceptors (Lipinski definition) is 3.